The van der Waals surface area contributed by atoms with Crippen molar-refractivity contribution in [1.29, 1.82) is 0 Å². The van der Waals surface area contributed by atoms with Crippen molar-refractivity contribution in [3.8, 4) is 0 Å². The molecule has 0 amide bonds. The summed E-state index contributed by atoms with van der Waals surface area (Å²) in [6.07, 6.45) is 0. The van der Waals surface area contributed by atoms with Crippen LogP contribution in [0.2, 0.25) is 15.1 Å². The highest BCUT2D eigenvalue weighted by Crippen LogP contribution is 2.36. The molecule has 1 aromatic rings. The van der Waals surface area contributed by atoms with Crippen LogP contribution in [0.4, 0.5) is 0 Å². The minimum Gasteiger partial charge on any atom is -0.0837 e. The molecule has 1 aromatic carbocycles. The lowest BCUT2D eigenvalue weighted by molar-refractivity contribution is 1.30. The molecule has 0 N–H and O–H groups in total. The Morgan fingerprint density at radius 3 is 1.42 bits per heavy atom. The van der Waals surface area contributed by atoms with Gasteiger partial charge in [0.05, 0.1) is 10.0 Å². The summed E-state index contributed by atoms with van der Waals surface area (Å²) in [7, 11) is 0. The molecule has 0 bridgehead atoms. The molecule has 3 heteroatoms. The zero-order valence-electron chi connectivity index (χ0n) is 7.13. The van der Waals surface area contributed by atoms with Gasteiger partial charge < -0.3 is 0 Å². The molecule has 0 fully saturated rings. The zero-order valence-corrected chi connectivity index (χ0v) is 9.40. The highest BCUT2D eigenvalue weighted by Gasteiger charge is 2.12. The summed E-state index contributed by atoms with van der Waals surface area (Å²) in [5, 5.41) is 1.88. The molecule has 66 valence electrons. The van der Waals surface area contributed by atoms with E-state index >= 15 is 0 Å². The van der Waals surface area contributed by atoms with Crippen molar-refractivity contribution in [2.45, 2.75) is 20.8 Å². The predicted molar refractivity (Wildman–Crippen MR) is 55.7 cm³/mol. The van der Waals surface area contributed by atoms with Gasteiger partial charge in [-0.25, -0.2) is 0 Å². The molecule has 0 spiro atoms. The fourth-order valence-corrected chi connectivity index (χ4v) is 1.84. The second kappa shape index (κ2) is 3.45. The van der Waals surface area contributed by atoms with Gasteiger partial charge in [-0.1, -0.05) is 34.8 Å². The van der Waals surface area contributed by atoms with Gasteiger partial charge in [0, 0.05) is 5.02 Å². The number of benzene rings is 1. The standard InChI is InChI=1S/C9H9Cl3/c1-4-5(2)8(11)9(12)6(3)7(4)10/h1-3H3. The maximum atomic E-state index is 6.02. The van der Waals surface area contributed by atoms with Crippen LogP contribution in [-0.2, 0) is 0 Å². The zero-order chi connectivity index (χ0) is 9.46. The van der Waals surface area contributed by atoms with Crippen LogP contribution in [0, 0.1) is 20.8 Å². The van der Waals surface area contributed by atoms with Gasteiger partial charge in [0.25, 0.3) is 0 Å². The fourth-order valence-electron chi connectivity index (χ4n) is 1.04. The fraction of sp³-hybridized carbons (Fsp3) is 0.333. The molecule has 0 radical (unpaired) electrons. The van der Waals surface area contributed by atoms with Crippen molar-refractivity contribution in [3.05, 3.63) is 31.8 Å². The van der Waals surface area contributed by atoms with Crippen LogP contribution < -0.4 is 0 Å². The maximum Gasteiger partial charge on any atom is 0.0639 e. The molecule has 0 aliphatic rings. The van der Waals surface area contributed by atoms with Gasteiger partial charge in [-0.05, 0) is 37.5 Å². The summed E-state index contributed by atoms with van der Waals surface area (Å²) in [6, 6.07) is 0. The SMILES string of the molecule is Cc1c(C)c(Cl)c(Cl)c(C)c1Cl. The summed E-state index contributed by atoms with van der Waals surface area (Å²) in [6.45, 7) is 5.71. The molecule has 1 rings (SSSR count). The van der Waals surface area contributed by atoms with Crippen LogP contribution in [0.5, 0.6) is 0 Å². The van der Waals surface area contributed by atoms with E-state index in [1.54, 1.807) is 0 Å². The third kappa shape index (κ3) is 1.44. The Labute approximate surface area is 87.4 Å². The quantitative estimate of drug-likeness (QED) is 0.565. The summed E-state index contributed by atoms with van der Waals surface area (Å²) in [5.74, 6) is 0. The van der Waals surface area contributed by atoms with Gasteiger partial charge >= 0.3 is 0 Å². The molecule has 0 saturated heterocycles. The van der Waals surface area contributed by atoms with E-state index in [-0.39, 0.29) is 0 Å². The van der Waals surface area contributed by atoms with E-state index in [1.165, 1.54) is 0 Å². The summed E-state index contributed by atoms with van der Waals surface area (Å²) >= 11 is 17.9. The van der Waals surface area contributed by atoms with Gasteiger partial charge in [-0.2, -0.15) is 0 Å². The Morgan fingerprint density at radius 1 is 0.583 bits per heavy atom. The average molecular weight is 224 g/mol. The van der Waals surface area contributed by atoms with E-state index in [0.717, 1.165) is 16.7 Å². The highest BCUT2D eigenvalue weighted by atomic mass is 35.5. The first-order valence-electron chi connectivity index (χ1n) is 3.57. The maximum absolute atomic E-state index is 6.02. The Balaban J connectivity index is 3.60. The van der Waals surface area contributed by atoms with Crippen LogP contribution in [0.3, 0.4) is 0 Å². The van der Waals surface area contributed by atoms with Gasteiger partial charge in [0.1, 0.15) is 0 Å². The molecule has 0 heterocycles. The number of rotatable bonds is 0. The topological polar surface area (TPSA) is 0 Å². The van der Waals surface area contributed by atoms with Crippen LogP contribution in [-0.4, -0.2) is 0 Å². The van der Waals surface area contributed by atoms with Crippen LogP contribution in [0.1, 0.15) is 16.7 Å². The first-order valence-corrected chi connectivity index (χ1v) is 4.70. The van der Waals surface area contributed by atoms with Crippen molar-refractivity contribution >= 4 is 34.8 Å². The van der Waals surface area contributed by atoms with E-state index in [2.05, 4.69) is 0 Å². The van der Waals surface area contributed by atoms with Crippen molar-refractivity contribution in [1.82, 2.24) is 0 Å². The molecular formula is C9H9Cl3. The predicted octanol–water partition coefficient (Wildman–Crippen LogP) is 4.57. The van der Waals surface area contributed by atoms with Crippen LogP contribution in [0.25, 0.3) is 0 Å². The molecular weight excluding hydrogens is 214 g/mol. The van der Waals surface area contributed by atoms with Gasteiger partial charge in [0.15, 0.2) is 0 Å². The molecule has 0 unspecified atom stereocenters. The van der Waals surface area contributed by atoms with E-state index < -0.39 is 0 Å². The normalized spacial score (nSPS) is 10.5. The number of hydrogen-bond donors (Lipinski definition) is 0. The molecule has 0 saturated carbocycles. The van der Waals surface area contributed by atoms with Crippen LogP contribution >= 0.6 is 34.8 Å². The Hall–Kier alpha value is 0.0900. The van der Waals surface area contributed by atoms with E-state index in [0.29, 0.717) is 15.1 Å². The van der Waals surface area contributed by atoms with E-state index in [4.69, 9.17) is 34.8 Å². The monoisotopic (exact) mass is 222 g/mol. The third-order valence-electron chi connectivity index (χ3n) is 2.07. The number of hydrogen-bond acceptors (Lipinski definition) is 0. The van der Waals surface area contributed by atoms with E-state index in [9.17, 15) is 0 Å². The highest BCUT2D eigenvalue weighted by molar-refractivity contribution is 6.44. The first kappa shape index (κ1) is 10.2. The summed E-state index contributed by atoms with van der Waals surface area (Å²) < 4.78 is 0. The largest absolute Gasteiger partial charge is 0.0837 e. The van der Waals surface area contributed by atoms with Gasteiger partial charge in [-0.3, -0.25) is 0 Å². The Morgan fingerprint density at radius 2 is 0.917 bits per heavy atom. The second-order valence-electron chi connectivity index (χ2n) is 2.82. The van der Waals surface area contributed by atoms with Crippen molar-refractivity contribution in [2.24, 2.45) is 0 Å². The minimum absolute atomic E-state index is 0.560. The lowest BCUT2D eigenvalue weighted by atomic mass is 10.1. The molecule has 0 nitrogen and oxygen atoms in total. The smallest absolute Gasteiger partial charge is 0.0639 e. The van der Waals surface area contributed by atoms with Crippen molar-refractivity contribution < 1.29 is 0 Å². The number of halogens is 3. The summed E-state index contributed by atoms with van der Waals surface area (Å²) in [5.41, 5.74) is 2.81. The molecule has 0 aliphatic carbocycles. The summed E-state index contributed by atoms with van der Waals surface area (Å²) in [4.78, 5) is 0. The van der Waals surface area contributed by atoms with Crippen LogP contribution in [0.15, 0.2) is 0 Å². The lowest BCUT2D eigenvalue weighted by Crippen LogP contribution is -1.89. The molecule has 12 heavy (non-hydrogen) atoms. The lowest BCUT2D eigenvalue weighted by Gasteiger charge is -2.10. The third-order valence-corrected chi connectivity index (χ3v) is 3.68. The minimum atomic E-state index is 0.560. The molecule has 0 aliphatic heterocycles. The van der Waals surface area contributed by atoms with Crippen molar-refractivity contribution in [2.75, 3.05) is 0 Å². The Kier molecular flexibility index (Phi) is 2.92. The Bertz CT molecular complexity index is 224. The molecule has 0 atom stereocenters. The van der Waals surface area contributed by atoms with Gasteiger partial charge in [-0.15, -0.1) is 0 Å². The van der Waals surface area contributed by atoms with Gasteiger partial charge in [0.2, 0.25) is 0 Å². The average Bonchev–Trinajstić information content (AvgIpc) is 2.08. The van der Waals surface area contributed by atoms with Crippen molar-refractivity contribution in [3.63, 3.8) is 0 Å². The first-order chi connectivity index (χ1) is 5.46. The molecule has 0 aromatic heterocycles. The second-order valence-corrected chi connectivity index (χ2v) is 3.95. The van der Waals surface area contributed by atoms with E-state index in [1.807, 2.05) is 20.8 Å².